The summed E-state index contributed by atoms with van der Waals surface area (Å²) in [5, 5.41) is 0. The largest absolute Gasteiger partial charge is 0.508 e. The summed E-state index contributed by atoms with van der Waals surface area (Å²) >= 11 is 0. The summed E-state index contributed by atoms with van der Waals surface area (Å²) < 4.78 is 9.99. The monoisotopic (exact) mass is 292 g/mol. The molecule has 0 aliphatic carbocycles. The molecule has 0 aliphatic rings. The normalized spacial score (nSPS) is 10.3. The second-order valence-electron chi connectivity index (χ2n) is 5.30. The number of hydrogen-bond donors (Lipinski definition) is 0. The predicted octanol–water partition coefficient (Wildman–Crippen LogP) is 5.13. The quantitative estimate of drug-likeness (QED) is 0.419. The number of aryl methyl sites for hydroxylation is 1. The van der Waals surface area contributed by atoms with Gasteiger partial charge in [-0.1, -0.05) is 62.9 Å². The predicted molar refractivity (Wildman–Crippen MR) is 85.4 cm³/mol. The highest BCUT2D eigenvalue weighted by atomic mass is 16.7. The zero-order chi connectivity index (χ0) is 15.2. The van der Waals surface area contributed by atoms with Gasteiger partial charge in [-0.25, -0.2) is 4.79 Å². The summed E-state index contributed by atoms with van der Waals surface area (Å²) in [6, 6.07) is 10.5. The maximum Gasteiger partial charge on any atom is 0.508 e. The fourth-order valence-corrected chi connectivity index (χ4v) is 2.13. The second-order valence-corrected chi connectivity index (χ2v) is 5.30. The first kappa shape index (κ1) is 17.5. The Morgan fingerprint density at radius 2 is 1.48 bits per heavy atom. The number of carbonyl (C=O) groups is 1. The topological polar surface area (TPSA) is 35.5 Å². The molecule has 0 saturated carbocycles. The minimum Gasteiger partial charge on any atom is -0.434 e. The van der Waals surface area contributed by atoms with Gasteiger partial charge in [0.25, 0.3) is 0 Å². The molecule has 1 aromatic carbocycles. The maximum atomic E-state index is 11.2. The summed E-state index contributed by atoms with van der Waals surface area (Å²) in [5.41, 5.74) is 1.39. The van der Waals surface area contributed by atoms with Crippen molar-refractivity contribution >= 4 is 6.16 Å². The van der Waals surface area contributed by atoms with Gasteiger partial charge < -0.3 is 9.47 Å². The van der Waals surface area contributed by atoms with Crippen LogP contribution in [0.15, 0.2) is 30.3 Å². The van der Waals surface area contributed by atoms with Crippen LogP contribution >= 0.6 is 0 Å². The number of benzene rings is 1. The van der Waals surface area contributed by atoms with Gasteiger partial charge in [0.15, 0.2) is 0 Å². The fourth-order valence-electron chi connectivity index (χ4n) is 2.13. The standard InChI is InChI=1S/C18H28O3/c1-2-3-10-15-20-18(19)21-16-11-5-4-7-12-17-13-8-6-9-14-17/h6,8-9,13-14H,2-5,7,10-12,15-16H2,1H3. The Balaban J connectivity index is 1.87. The summed E-state index contributed by atoms with van der Waals surface area (Å²) in [5.74, 6) is 0. The molecule has 0 amide bonds. The molecule has 0 fully saturated rings. The van der Waals surface area contributed by atoms with Gasteiger partial charge in [-0.15, -0.1) is 0 Å². The highest BCUT2D eigenvalue weighted by Gasteiger charge is 2.02. The number of carbonyl (C=O) groups excluding carboxylic acids is 1. The van der Waals surface area contributed by atoms with Gasteiger partial charge in [-0.05, 0) is 31.2 Å². The highest BCUT2D eigenvalue weighted by Crippen LogP contribution is 2.07. The van der Waals surface area contributed by atoms with Gasteiger partial charge in [-0.3, -0.25) is 0 Å². The first-order chi connectivity index (χ1) is 10.3. The number of rotatable bonds is 11. The van der Waals surface area contributed by atoms with Crippen LogP contribution in [0, 0.1) is 0 Å². The van der Waals surface area contributed by atoms with Crippen molar-refractivity contribution in [1.82, 2.24) is 0 Å². The van der Waals surface area contributed by atoms with Crippen molar-refractivity contribution in [2.45, 2.75) is 58.3 Å². The molecule has 0 aliphatic heterocycles. The van der Waals surface area contributed by atoms with Crippen LogP contribution in [0.25, 0.3) is 0 Å². The lowest BCUT2D eigenvalue weighted by Crippen LogP contribution is -2.09. The number of hydrogen-bond acceptors (Lipinski definition) is 3. The summed E-state index contributed by atoms with van der Waals surface area (Å²) in [6.45, 7) is 3.07. The van der Waals surface area contributed by atoms with E-state index in [0.717, 1.165) is 38.5 Å². The van der Waals surface area contributed by atoms with Crippen LogP contribution < -0.4 is 0 Å². The lowest BCUT2D eigenvalue weighted by molar-refractivity contribution is 0.0530. The van der Waals surface area contributed by atoms with E-state index in [0.29, 0.717) is 13.2 Å². The van der Waals surface area contributed by atoms with Gasteiger partial charge in [0.2, 0.25) is 0 Å². The second kappa shape index (κ2) is 12.2. The third-order valence-electron chi connectivity index (χ3n) is 3.39. The van der Waals surface area contributed by atoms with E-state index >= 15 is 0 Å². The minimum atomic E-state index is -0.518. The number of unbranched alkanes of at least 4 members (excludes halogenated alkanes) is 5. The molecule has 3 heteroatoms. The van der Waals surface area contributed by atoms with Crippen molar-refractivity contribution in [2.75, 3.05) is 13.2 Å². The van der Waals surface area contributed by atoms with Gasteiger partial charge in [0.1, 0.15) is 0 Å². The molecule has 3 nitrogen and oxygen atoms in total. The van der Waals surface area contributed by atoms with Crippen molar-refractivity contribution in [3.8, 4) is 0 Å². The minimum absolute atomic E-state index is 0.470. The van der Waals surface area contributed by atoms with Crippen LogP contribution in [-0.2, 0) is 15.9 Å². The van der Waals surface area contributed by atoms with E-state index < -0.39 is 6.16 Å². The first-order valence-corrected chi connectivity index (χ1v) is 8.16. The van der Waals surface area contributed by atoms with E-state index in [1.807, 2.05) is 6.07 Å². The van der Waals surface area contributed by atoms with Crippen molar-refractivity contribution in [1.29, 1.82) is 0 Å². The first-order valence-electron chi connectivity index (χ1n) is 8.16. The molecule has 0 heterocycles. The molecular weight excluding hydrogens is 264 g/mol. The van der Waals surface area contributed by atoms with Crippen LogP contribution in [0.4, 0.5) is 4.79 Å². The van der Waals surface area contributed by atoms with E-state index in [-0.39, 0.29) is 0 Å². The zero-order valence-corrected chi connectivity index (χ0v) is 13.2. The third kappa shape index (κ3) is 9.94. The Labute approximate surface area is 128 Å². The van der Waals surface area contributed by atoms with Crippen LogP contribution in [0.3, 0.4) is 0 Å². The fraction of sp³-hybridized carbons (Fsp3) is 0.611. The average molecular weight is 292 g/mol. The molecule has 0 aromatic heterocycles. The molecule has 0 spiro atoms. The molecule has 1 rings (SSSR count). The molecular formula is C18H28O3. The van der Waals surface area contributed by atoms with Gasteiger partial charge in [-0.2, -0.15) is 0 Å². The lowest BCUT2D eigenvalue weighted by atomic mass is 10.1. The third-order valence-corrected chi connectivity index (χ3v) is 3.39. The average Bonchev–Trinajstić information content (AvgIpc) is 2.51. The molecule has 0 saturated heterocycles. The van der Waals surface area contributed by atoms with Gasteiger partial charge >= 0.3 is 6.16 Å². The molecule has 0 unspecified atom stereocenters. The summed E-state index contributed by atoms with van der Waals surface area (Å²) in [7, 11) is 0. The van der Waals surface area contributed by atoms with Crippen molar-refractivity contribution < 1.29 is 14.3 Å². The number of ether oxygens (including phenoxy) is 2. The van der Waals surface area contributed by atoms with E-state index in [1.54, 1.807) is 0 Å². The van der Waals surface area contributed by atoms with E-state index in [9.17, 15) is 4.79 Å². The lowest BCUT2D eigenvalue weighted by Gasteiger charge is -2.06. The van der Waals surface area contributed by atoms with E-state index in [4.69, 9.17) is 9.47 Å². The van der Waals surface area contributed by atoms with Crippen molar-refractivity contribution in [3.63, 3.8) is 0 Å². The molecule has 0 N–H and O–H groups in total. The Kier molecular flexibility index (Phi) is 10.2. The van der Waals surface area contributed by atoms with Gasteiger partial charge in [0.05, 0.1) is 13.2 Å². The smallest absolute Gasteiger partial charge is 0.434 e. The highest BCUT2D eigenvalue weighted by molar-refractivity contribution is 5.59. The summed E-state index contributed by atoms with van der Waals surface area (Å²) in [6.07, 6.45) is 8.11. The molecule has 0 atom stereocenters. The maximum absolute atomic E-state index is 11.2. The summed E-state index contributed by atoms with van der Waals surface area (Å²) in [4.78, 5) is 11.2. The van der Waals surface area contributed by atoms with Crippen molar-refractivity contribution in [2.24, 2.45) is 0 Å². The van der Waals surface area contributed by atoms with Crippen LogP contribution in [0.5, 0.6) is 0 Å². The zero-order valence-electron chi connectivity index (χ0n) is 13.2. The Hall–Kier alpha value is -1.51. The van der Waals surface area contributed by atoms with Gasteiger partial charge in [0, 0.05) is 0 Å². The molecule has 21 heavy (non-hydrogen) atoms. The Morgan fingerprint density at radius 3 is 2.14 bits per heavy atom. The molecule has 1 aromatic rings. The van der Waals surface area contributed by atoms with Crippen LogP contribution in [-0.4, -0.2) is 19.4 Å². The molecule has 0 radical (unpaired) electrons. The molecule has 0 bridgehead atoms. The van der Waals surface area contributed by atoms with Crippen molar-refractivity contribution in [3.05, 3.63) is 35.9 Å². The van der Waals surface area contributed by atoms with Crippen LogP contribution in [0.2, 0.25) is 0 Å². The van der Waals surface area contributed by atoms with E-state index in [2.05, 4.69) is 31.2 Å². The Morgan fingerprint density at radius 1 is 0.857 bits per heavy atom. The van der Waals surface area contributed by atoms with E-state index in [1.165, 1.54) is 18.4 Å². The SMILES string of the molecule is CCCCCOC(=O)OCCCCCCc1ccccc1. The Bertz CT molecular complexity index is 362. The molecule has 118 valence electrons. The van der Waals surface area contributed by atoms with Crippen LogP contribution in [0.1, 0.15) is 57.4 Å².